The summed E-state index contributed by atoms with van der Waals surface area (Å²) in [7, 11) is 0.770. The van der Waals surface area contributed by atoms with Crippen LogP contribution < -0.4 is 0 Å². The van der Waals surface area contributed by atoms with E-state index in [-0.39, 0.29) is 7.43 Å². The van der Waals surface area contributed by atoms with Crippen molar-refractivity contribution in [3.05, 3.63) is 32.0 Å². The van der Waals surface area contributed by atoms with Gasteiger partial charge in [-0.1, -0.05) is 0 Å². The maximum atomic E-state index is 2.74. The van der Waals surface area contributed by atoms with Crippen LogP contribution >= 0.6 is 39.5 Å². The predicted octanol–water partition coefficient (Wildman–Crippen LogP) is 3.03. The summed E-state index contributed by atoms with van der Waals surface area (Å²) in [6.45, 7) is 0. The first-order chi connectivity index (χ1) is 3.91. The smallest absolute Gasteiger partial charge is 0.108 e. The molecule has 0 fully saturated rings. The van der Waals surface area contributed by atoms with E-state index in [1.165, 1.54) is 0 Å². The number of nitrogens with one attached hydrogen (secondary N) is 1. The molecule has 1 nitrogen and oxygen atoms in total. The quantitative estimate of drug-likeness (QED) is 0.365. The zero-order valence-corrected chi connectivity index (χ0v) is 10.8. The average molecular weight is 438 g/mol. The van der Waals surface area contributed by atoms with Crippen molar-refractivity contribution in [2.24, 2.45) is 0 Å². The Hall–Kier alpha value is 1.36. The van der Waals surface area contributed by atoms with Crippen molar-refractivity contribution in [2.75, 3.05) is 0 Å². The molecule has 0 bridgehead atoms. The fourth-order valence-electron chi connectivity index (χ4n) is 0.241. The molecule has 57 valence electrons. The molecule has 0 atom stereocenters. The van der Waals surface area contributed by atoms with Crippen LogP contribution in [0.2, 0.25) is 0 Å². The van der Waals surface area contributed by atoms with Gasteiger partial charge < -0.3 is 12.4 Å². The first-order valence-electron chi connectivity index (χ1n) is 1.75. The van der Waals surface area contributed by atoms with Crippen molar-refractivity contribution in [2.45, 2.75) is 0 Å². The molecule has 0 unspecified atom stereocenters. The SMILES string of the molecule is [CH3-].[I][Rh][I].[c-]1ccc[nH]1. The number of aromatic nitrogens is 1. The molecule has 0 aliphatic heterocycles. The van der Waals surface area contributed by atoms with Crippen molar-refractivity contribution < 1.29 is 10.1 Å². The van der Waals surface area contributed by atoms with E-state index in [1.807, 2.05) is 18.3 Å². The van der Waals surface area contributed by atoms with Crippen molar-refractivity contribution in [3.8, 4) is 0 Å². The van der Waals surface area contributed by atoms with Crippen LogP contribution in [0.5, 0.6) is 0 Å². The van der Waals surface area contributed by atoms with E-state index in [0.717, 1.165) is 10.1 Å². The number of hydrogen-bond donors (Lipinski definition) is 1. The largest absolute Gasteiger partial charge is 0.484 e. The van der Waals surface area contributed by atoms with Gasteiger partial charge in [-0.2, -0.15) is 18.3 Å². The van der Waals surface area contributed by atoms with Crippen LogP contribution in [0, 0.1) is 13.6 Å². The van der Waals surface area contributed by atoms with Gasteiger partial charge in [0.25, 0.3) is 0 Å². The zero-order chi connectivity index (χ0) is 6.24. The minimum Gasteiger partial charge on any atom is -0.484 e. The van der Waals surface area contributed by atoms with E-state index < -0.39 is 0 Å². The minimum atomic E-state index is 0. The van der Waals surface area contributed by atoms with E-state index in [4.69, 9.17) is 0 Å². The average Bonchev–Trinajstić information content (AvgIpc) is 2.17. The second-order valence-electron chi connectivity index (χ2n) is 0.862. The Bertz CT molecular complexity index is 81.9. The third-order valence-electron chi connectivity index (χ3n) is 0.442. The molecule has 1 aromatic rings. The molecule has 0 saturated carbocycles. The summed E-state index contributed by atoms with van der Waals surface area (Å²) < 4.78 is 0. The molecule has 0 aliphatic carbocycles. The molecule has 0 spiro atoms. The number of aromatic amines is 1. The van der Waals surface area contributed by atoms with E-state index in [1.54, 1.807) is 0 Å². The molecular formula is C5H7I2NRh-2. The zero-order valence-electron chi connectivity index (χ0n) is 4.82. The molecule has 1 N–H and O–H groups in total. The van der Waals surface area contributed by atoms with E-state index in [0.29, 0.717) is 0 Å². The van der Waals surface area contributed by atoms with Crippen LogP contribution in [-0.4, -0.2) is 4.98 Å². The minimum absolute atomic E-state index is 0. The number of hydrogen-bond acceptors (Lipinski definition) is 0. The standard InChI is InChI=1S/C4H4N.CH3.2HI.Rh/c1-2-4-5-3-1;;;;/h1-3,5H;1H3;2*1H;/q2*-1;;;+2/p-2. The van der Waals surface area contributed by atoms with Crippen LogP contribution in [0.25, 0.3) is 0 Å². The Morgan fingerprint density at radius 3 is 2.11 bits per heavy atom. The van der Waals surface area contributed by atoms with E-state index in [2.05, 4.69) is 50.7 Å². The third kappa shape index (κ3) is 12.5. The van der Waals surface area contributed by atoms with Gasteiger partial charge in [0.1, 0.15) is 0 Å². The van der Waals surface area contributed by atoms with Gasteiger partial charge in [0.2, 0.25) is 0 Å². The summed E-state index contributed by atoms with van der Waals surface area (Å²) in [5.41, 5.74) is 0. The summed E-state index contributed by atoms with van der Waals surface area (Å²) in [5.74, 6) is 0. The third-order valence-corrected chi connectivity index (χ3v) is 0.442. The molecule has 4 heteroatoms. The molecule has 1 rings (SSSR count). The molecule has 1 aromatic heterocycles. The van der Waals surface area contributed by atoms with Crippen LogP contribution in [0.1, 0.15) is 0 Å². The second kappa shape index (κ2) is 12.1. The van der Waals surface area contributed by atoms with Gasteiger partial charge in [-0.05, 0) is 0 Å². The molecule has 1 heterocycles. The summed E-state index contributed by atoms with van der Waals surface area (Å²) in [4.78, 5) is 2.74. The van der Waals surface area contributed by atoms with Crippen molar-refractivity contribution >= 4 is 39.5 Å². The first-order valence-corrected chi connectivity index (χ1v) is 11.5. The van der Waals surface area contributed by atoms with E-state index >= 15 is 0 Å². The maximum absolute atomic E-state index is 2.74. The summed E-state index contributed by atoms with van der Waals surface area (Å²) in [5, 5.41) is 0. The van der Waals surface area contributed by atoms with Gasteiger partial charge in [-0.3, -0.25) is 0 Å². The molecule has 0 aromatic carbocycles. The number of H-pyrrole nitrogens is 1. The molecule has 0 radical (unpaired) electrons. The maximum Gasteiger partial charge on any atom is -0.108 e. The number of halogens is 2. The van der Waals surface area contributed by atoms with Gasteiger partial charge in [-0.15, -0.1) is 6.20 Å². The van der Waals surface area contributed by atoms with Gasteiger partial charge in [0, 0.05) is 0 Å². The van der Waals surface area contributed by atoms with Crippen LogP contribution in [-0.2, 0) is 10.1 Å². The Morgan fingerprint density at radius 2 is 2.00 bits per heavy atom. The van der Waals surface area contributed by atoms with Gasteiger partial charge in [0.15, 0.2) is 0 Å². The topological polar surface area (TPSA) is 15.8 Å². The predicted molar refractivity (Wildman–Crippen MR) is 54.1 cm³/mol. The van der Waals surface area contributed by atoms with Crippen LogP contribution in [0.15, 0.2) is 18.3 Å². The first kappa shape index (κ1) is 13.0. The summed E-state index contributed by atoms with van der Waals surface area (Å²) >= 11 is 4.69. The number of rotatable bonds is 0. The van der Waals surface area contributed by atoms with Crippen LogP contribution in [0.4, 0.5) is 0 Å². The van der Waals surface area contributed by atoms with E-state index in [9.17, 15) is 0 Å². The van der Waals surface area contributed by atoms with Gasteiger partial charge in [0.05, 0.1) is 0 Å². The monoisotopic (exact) mass is 438 g/mol. The molecule has 0 saturated heterocycles. The van der Waals surface area contributed by atoms with Crippen molar-refractivity contribution in [1.82, 2.24) is 4.98 Å². The Labute approximate surface area is 85.3 Å². The molecular weight excluding hydrogens is 431 g/mol. The van der Waals surface area contributed by atoms with Crippen LogP contribution in [0.3, 0.4) is 0 Å². The second-order valence-corrected chi connectivity index (χ2v) is 13.5. The Morgan fingerprint density at radius 1 is 1.44 bits per heavy atom. The molecule has 0 amide bonds. The molecule has 0 aliphatic rings. The fourth-order valence-corrected chi connectivity index (χ4v) is 0.241. The normalized spacial score (nSPS) is 6.89. The van der Waals surface area contributed by atoms with Crippen molar-refractivity contribution in [1.29, 1.82) is 0 Å². The Balaban J connectivity index is 0. The molecule has 9 heavy (non-hydrogen) atoms. The van der Waals surface area contributed by atoms with Crippen molar-refractivity contribution in [3.63, 3.8) is 0 Å². The van der Waals surface area contributed by atoms with Gasteiger partial charge >= 0.3 is 49.6 Å². The van der Waals surface area contributed by atoms with Gasteiger partial charge in [-0.25, -0.2) is 0 Å². The summed E-state index contributed by atoms with van der Waals surface area (Å²) in [6, 6.07) is 3.71. The Kier molecular flexibility index (Phi) is 17.4. The summed E-state index contributed by atoms with van der Waals surface area (Å²) in [6.07, 6.45) is 4.56. The fraction of sp³-hybridized carbons (Fsp3) is 0.